The van der Waals surface area contributed by atoms with Crippen LogP contribution in [0.25, 0.3) is 0 Å². The number of rotatable bonds is 4. The van der Waals surface area contributed by atoms with Crippen molar-refractivity contribution in [1.29, 1.82) is 0 Å². The van der Waals surface area contributed by atoms with Crippen molar-refractivity contribution in [3.05, 3.63) is 23.8 Å². The van der Waals surface area contributed by atoms with E-state index in [9.17, 15) is 19.8 Å². The molecule has 21 heavy (non-hydrogen) atoms. The third-order valence-corrected chi connectivity index (χ3v) is 3.67. The Morgan fingerprint density at radius 2 is 2.10 bits per heavy atom. The number of amides is 1. The summed E-state index contributed by atoms with van der Waals surface area (Å²) in [6, 6.07) is 4.93. The fourth-order valence-electron chi connectivity index (χ4n) is 2.33. The van der Waals surface area contributed by atoms with E-state index >= 15 is 0 Å². The van der Waals surface area contributed by atoms with Crippen LogP contribution < -0.4 is 9.64 Å². The number of carboxylic acid groups (broad SMARTS) is 1. The lowest BCUT2D eigenvalue weighted by atomic mass is 9.98. The minimum absolute atomic E-state index is 0.194. The van der Waals surface area contributed by atoms with Gasteiger partial charge in [0, 0.05) is 0 Å². The maximum absolute atomic E-state index is 12.5. The summed E-state index contributed by atoms with van der Waals surface area (Å²) >= 11 is 0. The highest BCUT2D eigenvalue weighted by molar-refractivity contribution is 6.06. The minimum Gasteiger partial charge on any atom is -0.480 e. The molecule has 1 amide bonds. The molecule has 1 heterocycles. The zero-order chi connectivity index (χ0) is 15.8. The van der Waals surface area contributed by atoms with Crippen molar-refractivity contribution in [3.8, 4) is 5.75 Å². The summed E-state index contributed by atoms with van der Waals surface area (Å²) in [7, 11) is 0. The van der Waals surface area contributed by atoms with Gasteiger partial charge in [-0.05, 0) is 38.0 Å². The van der Waals surface area contributed by atoms with Crippen molar-refractivity contribution in [1.82, 2.24) is 0 Å². The monoisotopic (exact) mass is 293 g/mol. The second-order valence-electron chi connectivity index (χ2n) is 5.51. The molecule has 1 aromatic rings. The Morgan fingerprint density at radius 3 is 2.62 bits per heavy atom. The zero-order valence-corrected chi connectivity index (χ0v) is 12.3. The van der Waals surface area contributed by atoms with Crippen LogP contribution >= 0.6 is 0 Å². The van der Waals surface area contributed by atoms with Crippen molar-refractivity contribution < 1.29 is 24.5 Å². The molecule has 0 radical (unpaired) electrons. The molecule has 0 saturated carbocycles. The largest absolute Gasteiger partial charge is 0.480 e. The molecule has 1 unspecified atom stereocenters. The van der Waals surface area contributed by atoms with Crippen LogP contribution in [0.2, 0.25) is 0 Å². The molecule has 1 aliphatic heterocycles. The van der Waals surface area contributed by atoms with E-state index in [1.54, 1.807) is 18.2 Å². The van der Waals surface area contributed by atoms with Gasteiger partial charge in [0.15, 0.2) is 6.10 Å². The van der Waals surface area contributed by atoms with E-state index in [-0.39, 0.29) is 12.5 Å². The van der Waals surface area contributed by atoms with Gasteiger partial charge >= 0.3 is 5.97 Å². The van der Waals surface area contributed by atoms with E-state index in [1.807, 2.05) is 6.92 Å². The van der Waals surface area contributed by atoms with Crippen LogP contribution in [0.1, 0.15) is 32.8 Å². The molecule has 0 saturated heterocycles. The van der Waals surface area contributed by atoms with E-state index < -0.39 is 17.6 Å². The normalized spacial score (nSPS) is 18.2. The van der Waals surface area contributed by atoms with Crippen LogP contribution in [-0.2, 0) is 16.2 Å². The molecule has 1 aliphatic rings. The average molecular weight is 293 g/mol. The first kappa shape index (κ1) is 15.3. The van der Waals surface area contributed by atoms with Gasteiger partial charge in [-0.1, -0.05) is 13.0 Å². The summed E-state index contributed by atoms with van der Waals surface area (Å²) in [4.78, 5) is 25.3. The molecule has 0 aliphatic carbocycles. The van der Waals surface area contributed by atoms with Crippen molar-refractivity contribution in [2.24, 2.45) is 0 Å². The quantitative estimate of drug-likeness (QED) is 0.879. The number of hydrogen-bond donors (Lipinski definition) is 2. The lowest BCUT2D eigenvalue weighted by Crippen LogP contribution is -2.59. The fourth-order valence-corrected chi connectivity index (χ4v) is 2.33. The molecule has 0 fully saturated rings. The highest BCUT2D eigenvalue weighted by Crippen LogP contribution is 2.39. The summed E-state index contributed by atoms with van der Waals surface area (Å²) in [5.41, 5.74) is -0.438. The van der Waals surface area contributed by atoms with Crippen LogP contribution in [-0.4, -0.2) is 33.7 Å². The van der Waals surface area contributed by atoms with E-state index in [2.05, 4.69) is 0 Å². The van der Waals surface area contributed by atoms with Gasteiger partial charge in [-0.25, -0.2) is 4.79 Å². The molecule has 0 aromatic heterocycles. The number of aliphatic hydroxyl groups excluding tert-OH is 1. The predicted molar refractivity (Wildman–Crippen MR) is 76.3 cm³/mol. The standard InChI is InChI=1S/C15H19NO5/c1-4-11-13(18)16(15(2,3)14(19)20)10-7-9(8-17)5-6-12(10)21-11/h5-7,11,17H,4,8H2,1-3H3,(H,19,20). The third-order valence-electron chi connectivity index (χ3n) is 3.67. The summed E-state index contributed by atoms with van der Waals surface area (Å²) in [6.45, 7) is 4.56. The van der Waals surface area contributed by atoms with Crippen LogP contribution in [0.3, 0.4) is 0 Å². The number of nitrogens with zero attached hydrogens (tertiary/aromatic N) is 1. The molecule has 114 valence electrons. The smallest absolute Gasteiger partial charge is 0.329 e. The van der Waals surface area contributed by atoms with Crippen molar-refractivity contribution in [3.63, 3.8) is 0 Å². The second kappa shape index (κ2) is 5.37. The highest BCUT2D eigenvalue weighted by atomic mass is 16.5. The maximum Gasteiger partial charge on any atom is 0.329 e. The first-order chi connectivity index (χ1) is 9.82. The van der Waals surface area contributed by atoms with Gasteiger partial charge in [0.05, 0.1) is 12.3 Å². The highest BCUT2D eigenvalue weighted by Gasteiger charge is 2.45. The van der Waals surface area contributed by atoms with Gasteiger partial charge in [-0.2, -0.15) is 0 Å². The van der Waals surface area contributed by atoms with E-state index in [1.165, 1.54) is 18.7 Å². The first-order valence-electron chi connectivity index (χ1n) is 6.80. The Bertz CT molecular complexity index is 581. The van der Waals surface area contributed by atoms with Crippen molar-refractivity contribution in [2.75, 3.05) is 4.90 Å². The maximum atomic E-state index is 12.5. The molecule has 6 nitrogen and oxygen atoms in total. The number of benzene rings is 1. The Morgan fingerprint density at radius 1 is 1.43 bits per heavy atom. The summed E-state index contributed by atoms with van der Waals surface area (Å²) in [5.74, 6) is -1.03. The summed E-state index contributed by atoms with van der Waals surface area (Å²) < 4.78 is 5.63. The molecular formula is C15H19NO5. The van der Waals surface area contributed by atoms with Gasteiger partial charge in [-0.3, -0.25) is 9.69 Å². The topological polar surface area (TPSA) is 87.1 Å². The van der Waals surface area contributed by atoms with Crippen LogP contribution in [0.5, 0.6) is 5.75 Å². The Hall–Kier alpha value is -2.08. The number of carboxylic acids is 1. The zero-order valence-electron chi connectivity index (χ0n) is 12.3. The number of ether oxygens (including phenoxy) is 1. The molecule has 6 heteroatoms. The number of aliphatic hydroxyl groups is 1. The lowest BCUT2D eigenvalue weighted by Gasteiger charge is -2.41. The van der Waals surface area contributed by atoms with Crippen molar-refractivity contribution in [2.45, 2.75) is 45.4 Å². The van der Waals surface area contributed by atoms with E-state index in [0.717, 1.165) is 0 Å². The molecular weight excluding hydrogens is 274 g/mol. The van der Waals surface area contributed by atoms with Gasteiger partial charge in [0.2, 0.25) is 0 Å². The molecule has 0 spiro atoms. The van der Waals surface area contributed by atoms with Crippen LogP contribution in [0.4, 0.5) is 5.69 Å². The van der Waals surface area contributed by atoms with Gasteiger partial charge in [0.25, 0.3) is 5.91 Å². The van der Waals surface area contributed by atoms with Gasteiger partial charge < -0.3 is 14.9 Å². The number of hydrogen-bond acceptors (Lipinski definition) is 4. The van der Waals surface area contributed by atoms with Gasteiger partial charge in [-0.15, -0.1) is 0 Å². The van der Waals surface area contributed by atoms with Crippen LogP contribution in [0, 0.1) is 0 Å². The molecule has 0 bridgehead atoms. The average Bonchev–Trinajstić information content (AvgIpc) is 2.45. The second-order valence-corrected chi connectivity index (χ2v) is 5.51. The third kappa shape index (κ3) is 2.47. The van der Waals surface area contributed by atoms with Crippen LogP contribution in [0.15, 0.2) is 18.2 Å². The first-order valence-corrected chi connectivity index (χ1v) is 6.80. The Balaban J connectivity index is 2.61. The number of carbonyl (C=O) groups is 2. The summed E-state index contributed by atoms with van der Waals surface area (Å²) in [5, 5.41) is 18.7. The number of anilines is 1. The minimum atomic E-state index is -1.41. The number of carbonyl (C=O) groups excluding carboxylic acids is 1. The molecule has 2 N–H and O–H groups in total. The fraction of sp³-hybridized carbons (Fsp3) is 0.467. The number of fused-ring (bicyclic) bond motifs is 1. The Kier molecular flexibility index (Phi) is 3.91. The molecule has 1 atom stereocenters. The SMILES string of the molecule is CCC1Oc2ccc(CO)cc2N(C(C)(C)C(=O)O)C1=O. The van der Waals surface area contributed by atoms with Gasteiger partial charge in [0.1, 0.15) is 11.3 Å². The molecule has 2 rings (SSSR count). The molecule has 1 aromatic carbocycles. The predicted octanol–water partition coefficient (Wildman–Crippen LogP) is 1.55. The lowest BCUT2D eigenvalue weighted by molar-refractivity contribution is -0.145. The van der Waals surface area contributed by atoms with E-state index in [4.69, 9.17) is 4.74 Å². The summed E-state index contributed by atoms with van der Waals surface area (Å²) in [6.07, 6.45) is -0.247. The number of aliphatic carboxylic acids is 1. The Labute approximate surface area is 122 Å². The van der Waals surface area contributed by atoms with E-state index in [0.29, 0.717) is 23.4 Å². The van der Waals surface area contributed by atoms with Crippen molar-refractivity contribution >= 4 is 17.6 Å².